The molecule has 3 aromatic rings. The minimum atomic E-state index is -1.12. The Kier molecular flexibility index (Phi) is 8.32. The second-order valence-corrected chi connectivity index (χ2v) is 11.0. The molecule has 230 valence electrons. The van der Waals surface area contributed by atoms with Gasteiger partial charge in [0.15, 0.2) is 12.0 Å². The highest BCUT2D eigenvalue weighted by Crippen LogP contribution is 2.49. The molecule has 0 radical (unpaired) electrons. The van der Waals surface area contributed by atoms with Gasteiger partial charge in [-0.15, -0.1) is 11.6 Å². The molecule has 0 fully saturated rings. The highest BCUT2D eigenvalue weighted by atomic mass is 35.5. The highest BCUT2D eigenvalue weighted by Gasteiger charge is 2.42. The van der Waals surface area contributed by atoms with Crippen LogP contribution in [0.5, 0.6) is 17.2 Å². The van der Waals surface area contributed by atoms with Gasteiger partial charge in [-0.05, 0) is 30.7 Å². The Labute approximate surface area is 252 Å². The van der Waals surface area contributed by atoms with Gasteiger partial charge in [-0.2, -0.15) is 0 Å². The topological polar surface area (TPSA) is 160 Å². The lowest BCUT2D eigenvalue weighted by atomic mass is 9.95. The number of methoxy groups -OCH3 is 2. The smallest absolute Gasteiger partial charge is 0.415 e. The summed E-state index contributed by atoms with van der Waals surface area (Å²) in [5.74, 6) is 5.73. The number of nitrogens with one attached hydrogen (secondary N) is 1. The molecule has 43 heavy (non-hydrogen) atoms. The number of ether oxygens (including phenoxy) is 4. The number of nitrogens with two attached hydrogens (primary N) is 1. The van der Waals surface area contributed by atoms with Gasteiger partial charge in [-0.1, -0.05) is 0 Å². The third kappa shape index (κ3) is 5.39. The third-order valence-corrected chi connectivity index (χ3v) is 8.22. The second-order valence-electron chi connectivity index (χ2n) is 10.7. The molecule has 0 spiro atoms. The van der Waals surface area contributed by atoms with E-state index in [1.54, 1.807) is 37.1 Å². The van der Waals surface area contributed by atoms with Gasteiger partial charge in [0.1, 0.15) is 24.1 Å². The largest absolute Gasteiger partial charge is 0.497 e. The lowest BCUT2D eigenvalue weighted by Gasteiger charge is -2.30. The maximum Gasteiger partial charge on any atom is 0.415 e. The number of H-pyrrole nitrogens is 1. The maximum atomic E-state index is 13.1. The number of alkyl halides is 1. The van der Waals surface area contributed by atoms with E-state index >= 15 is 0 Å². The first-order valence-electron chi connectivity index (χ1n) is 13.5. The van der Waals surface area contributed by atoms with Gasteiger partial charge in [-0.3, -0.25) is 9.80 Å². The molecule has 2 aliphatic rings. The summed E-state index contributed by atoms with van der Waals surface area (Å²) in [6.07, 6.45) is -2.14. The first kappa shape index (κ1) is 30.3. The number of amides is 2. The standard InChI is InChI=1S/C29H34ClN5O8/c1-14-23(28(38)41-5)25-24-16(11-30)12-35(27(37)21-9-15-8-17(40-4)6-7-19(15)42-21)18(24)10-20(26(25)32-14)43-29(39)33(2)13-22(36)34(3)31/h6-8,10,16,21,27,32,37H,9,11-13,31H2,1-5H3/t16-,21?,27?/m1/s1. The Balaban J connectivity index is 1.58. The monoisotopic (exact) mass is 615 g/mol. The fourth-order valence-electron chi connectivity index (χ4n) is 5.67. The SMILES string of the molecule is COC(=O)c1c(C)[nH]c2c(OC(=O)N(C)CC(=O)N(C)N)cc3c(c12)[C@H](CCl)CN3C(O)C1Cc2cc(OC)ccc2O1. The number of aromatic amines is 1. The molecular formula is C29H34ClN5O8. The molecule has 0 aliphatic carbocycles. The van der Waals surface area contributed by atoms with E-state index in [0.717, 1.165) is 15.5 Å². The number of fused-ring (bicyclic) bond motifs is 4. The molecule has 2 amide bonds. The van der Waals surface area contributed by atoms with Crippen molar-refractivity contribution in [3.05, 3.63) is 46.6 Å². The molecule has 4 N–H and O–H groups in total. The summed E-state index contributed by atoms with van der Waals surface area (Å²) < 4.78 is 22.3. The van der Waals surface area contributed by atoms with E-state index in [1.165, 1.54) is 21.2 Å². The zero-order valence-corrected chi connectivity index (χ0v) is 25.2. The number of carbonyl (C=O) groups is 3. The molecule has 14 heteroatoms. The summed E-state index contributed by atoms with van der Waals surface area (Å²) in [7, 11) is 5.64. The van der Waals surface area contributed by atoms with Crippen molar-refractivity contribution >= 4 is 46.2 Å². The number of hydrogen-bond acceptors (Lipinski definition) is 10. The molecule has 2 aromatic carbocycles. The molecule has 3 atom stereocenters. The van der Waals surface area contributed by atoms with Gasteiger partial charge in [0.25, 0.3) is 5.91 Å². The number of aryl methyl sites for hydroxylation is 1. The van der Waals surface area contributed by atoms with Crippen LogP contribution in [0, 0.1) is 6.92 Å². The average molecular weight is 616 g/mol. The number of aromatic nitrogens is 1. The van der Waals surface area contributed by atoms with Crippen molar-refractivity contribution in [1.82, 2.24) is 14.9 Å². The fourth-order valence-corrected chi connectivity index (χ4v) is 5.92. The van der Waals surface area contributed by atoms with Crippen LogP contribution in [0.15, 0.2) is 24.3 Å². The zero-order chi connectivity index (χ0) is 31.2. The van der Waals surface area contributed by atoms with Gasteiger partial charge in [0.05, 0.1) is 25.3 Å². The lowest BCUT2D eigenvalue weighted by molar-refractivity contribution is -0.130. The Bertz CT molecular complexity index is 1590. The van der Waals surface area contributed by atoms with Crippen LogP contribution in [0.3, 0.4) is 0 Å². The first-order valence-corrected chi connectivity index (χ1v) is 14.1. The number of esters is 1. The number of rotatable bonds is 8. The van der Waals surface area contributed by atoms with Crippen LogP contribution in [-0.4, -0.2) is 97.6 Å². The Morgan fingerprint density at radius 2 is 2.00 bits per heavy atom. The van der Waals surface area contributed by atoms with Crippen molar-refractivity contribution in [2.75, 3.05) is 52.2 Å². The molecule has 3 heterocycles. The molecule has 0 saturated carbocycles. The first-order chi connectivity index (χ1) is 20.5. The Hall–Kier alpha value is -4.20. The van der Waals surface area contributed by atoms with Crippen LogP contribution in [0.25, 0.3) is 10.9 Å². The van der Waals surface area contributed by atoms with Crippen molar-refractivity contribution in [3.8, 4) is 17.2 Å². The van der Waals surface area contributed by atoms with Gasteiger partial charge >= 0.3 is 12.1 Å². The second kappa shape index (κ2) is 11.8. The summed E-state index contributed by atoms with van der Waals surface area (Å²) in [6, 6.07) is 7.09. The minimum absolute atomic E-state index is 0.0881. The number of halogens is 1. The fraction of sp³-hybridized carbons (Fsp3) is 0.414. The lowest BCUT2D eigenvalue weighted by Crippen LogP contribution is -2.45. The molecule has 13 nitrogen and oxygen atoms in total. The van der Waals surface area contributed by atoms with Gasteiger partial charge in [0, 0.05) is 67.3 Å². The number of likely N-dealkylation sites (N-methyl/N-ethyl adjacent to an activating group) is 2. The van der Waals surface area contributed by atoms with Crippen molar-refractivity contribution in [2.24, 2.45) is 5.84 Å². The van der Waals surface area contributed by atoms with E-state index in [-0.39, 0.29) is 29.7 Å². The number of aliphatic hydroxyl groups is 1. The number of hydrogen-bond donors (Lipinski definition) is 3. The van der Waals surface area contributed by atoms with E-state index < -0.39 is 30.3 Å². The van der Waals surface area contributed by atoms with Crippen LogP contribution in [0.1, 0.15) is 33.1 Å². The van der Waals surface area contributed by atoms with Crippen LogP contribution in [-0.2, 0) is 16.0 Å². The number of nitrogens with zero attached hydrogens (tertiary/aromatic N) is 3. The van der Waals surface area contributed by atoms with E-state index in [1.807, 2.05) is 6.07 Å². The van der Waals surface area contributed by atoms with Gasteiger partial charge in [0.2, 0.25) is 0 Å². The Morgan fingerprint density at radius 1 is 1.26 bits per heavy atom. The molecule has 5 rings (SSSR count). The summed E-state index contributed by atoms with van der Waals surface area (Å²) in [4.78, 5) is 44.2. The summed E-state index contributed by atoms with van der Waals surface area (Å²) in [5, 5.41) is 13.0. The van der Waals surface area contributed by atoms with E-state index in [2.05, 4.69) is 4.98 Å². The molecule has 0 saturated heterocycles. The molecule has 0 bridgehead atoms. The van der Waals surface area contributed by atoms with Crippen molar-refractivity contribution in [2.45, 2.75) is 31.6 Å². The van der Waals surface area contributed by atoms with E-state index in [0.29, 0.717) is 52.3 Å². The molecule has 2 aliphatic heterocycles. The third-order valence-electron chi connectivity index (χ3n) is 7.85. The summed E-state index contributed by atoms with van der Waals surface area (Å²) >= 11 is 6.47. The number of aliphatic hydroxyl groups excluding tert-OH is 1. The predicted octanol–water partition coefficient (Wildman–Crippen LogP) is 2.50. The predicted molar refractivity (Wildman–Crippen MR) is 158 cm³/mol. The zero-order valence-electron chi connectivity index (χ0n) is 24.5. The van der Waals surface area contributed by atoms with Gasteiger partial charge < -0.3 is 38.8 Å². The highest BCUT2D eigenvalue weighted by molar-refractivity contribution is 6.19. The summed E-state index contributed by atoms with van der Waals surface area (Å²) in [5.41, 5.74) is 3.27. The minimum Gasteiger partial charge on any atom is -0.497 e. The van der Waals surface area contributed by atoms with Crippen LogP contribution in [0.4, 0.5) is 10.5 Å². The number of carbonyl (C=O) groups excluding carboxylic acids is 3. The normalized spacial score (nSPS) is 17.6. The van der Waals surface area contributed by atoms with Crippen molar-refractivity contribution < 1.29 is 38.4 Å². The van der Waals surface area contributed by atoms with Crippen LogP contribution in [0.2, 0.25) is 0 Å². The van der Waals surface area contributed by atoms with Crippen molar-refractivity contribution in [1.29, 1.82) is 0 Å². The molecule has 1 aromatic heterocycles. The molecule has 2 unspecified atom stereocenters. The average Bonchev–Trinajstić information content (AvgIpc) is 3.68. The number of hydrazine groups is 1. The van der Waals surface area contributed by atoms with Crippen LogP contribution >= 0.6 is 11.6 Å². The Morgan fingerprint density at radius 3 is 2.65 bits per heavy atom. The number of anilines is 1. The van der Waals surface area contributed by atoms with Crippen molar-refractivity contribution in [3.63, 3.8) is 0 Å². The maximum absolute atomic E-state index is 13.1. The van der Waals surface area contributed by atoms with Crippen LogP contribution < -0.4 is 25.0 Å². The van der Waals surface area contributed by atoms with E-state index in [4.69, 9.17) is 36.4 Å². The molecular weight excluding hydrogens is 582 g/mol. The van der Waals surface area contributed by atoms with Gasteiger partial charge in [-0.25, -0.2) is 15.4 Å². The summed E-state index contributed by atoms with van der Waals surface area (Å²) in [6.45, 7) is 1.70. The van der Waals surface area contributed by atoms with E-state index in [9.17, 15) is 19.5 Å². The quantitative estimate of drug-likeness (QED) is 0.113. The number of benzene rings is 2.